The van der Waals surface area contributed by atoms with E-state index in [-0.39, 0.29) is 11.7 Å². The van der Waals surface area contributed by atoms with Gasteiger partial charge in [-0.25, -0.2) is 0 Å². The van der Waals surface area contributed by atoms with Gasteiger partial charge in [0.1, 0.15) is 5.75 Å². The van der Waals surface area contributed by atoms with Gasteiger partial charge in [-0.1, -0.05) is 25.0 Å². The van der Waals surface area contributed by atoms with Crippen LogP contribution in [-0.4, -0.2) is 31.8 Å². The zero-order valence-electron chi connectivity index (χ0n) is 16.7. The quantitative estimate of drug-likeness (QED) is 0.293. The molecule has 0 unspecified atom stereocenters. The molecule has 2 aromatic rings. The molecular formula is C21H26F3NO4S. The molecule has 2 N–H and O–H groups in total. The number of thiophene rings is 1. The van der Waals surface area contributed by atoms with Crippen molar-refractivity contribution in [2.24, 2.45) is 5.73 Å². The van der Waals surface area contributed by atoms with Gasteiger partial charge in [-0.2, -0.15) is 0 Å². The standard InChI is InChI=1S/C12H7F3O2S.C9H19NO2/c13-12(14,15)17-10-3-1-8(2-4-10)9-5-11(6-16)18-7-9;1-2-12-9(11)7-5-3-4-6-8-10/h1-7H;2-8,10H2,1H3. The Hall–Kier alpha value is -2.39. The van der Waals surface area contributed by atoms with Crippen LogP contribution in [-0.2, 0) is 9.53 Å². The molecule has 0 aliphatic heterocycles. The first-order valence-electron chi connectivity index (χ1n) is 9.54. The van der Waals surface area contributed by atoms with Gasteiger partial charge in [0, 0.05) is 6.42 Å². The Bertz CT molecular complexity index is 760. The molecule has 1 aromatic heterocycles. The van der Waals surface area contributed by atoms with E-state index in [0.29, 0.717) is 17.9 Å². The summed E-state index contributed by atoms with van der Waals surface area (Å²) in [7, 11) is 0. The first-order valence-corrected chi connectivity index (χ1v) is 10.4. The number of benzene rings is 1. The second-order valence-electron chi connectivity index (χ2n) is 6.19. The molecule has 0 atom stereocenters. The van der Waals surface area contributed by atoms with Gasteiger partial charge < -0.3 is 15.2 Å². The lowest BCUT2D eigenvalue weighted by Crippen LogP contribution is -2.16. The van der Waals surface area contributed by atoms with Gasteiger partial charge in [-0.05, 0) is 61.0 Å². The highest BCUT2D eigenvalue weighted by molar-refractivity contribution is 7.12. The van der Waals surface area contributed by atoms with Crippen LogP contribution >= 0.6 is 11.3 Å². The third-order valence-electron chi connectivity index (χ3n) is 3.80. The molecule has 5 nitrogen and oxygen atoms in total. The monoisotopic (exact) mass is 445 g/mol. The number of nitrogens with two attached hydrogens (primary N) is 1. The molecule has 0 saturated carbocycles. The van der Waals surface area contributed by atoms with Crippen LogP contribution in [0.25, 0.3) is 11.1 Å². The fourth-order valence-electron chi connectivity index (χ4n) is 2.42. The van der Waals surface area contributed by atoms with Crippen molar-refractivity contribution in [1.29, 1.82) is 0 Å². The topological polar surface area (TPSA) is 78.6 Å². The number of halogens is 3. The SMILES string of the molecule is CCOC(=O)CCCCCCN.O=Cc1cc(-c2ccc(OC(F)(F)F)cc2)cs1. The Morgan fingerprint density at radius 1 is 1.10 bits per heavy atom. The molecule has 0 aliphatic rings. The van der Waals surface area contributed by atoms with Crippen LogP contribution in [0, 0.1) is 0 Å². The highest BCUT2D eigenvalue weighted by Crippen LogP contribution is 2.28. The normalized spacial score (nSPS) is 10.7. The largest absolute Gasteiger partial charge is 0.573 e. The maximum absolute atomic E-state index is 12.0. The van der Waals surface area contributed by atoms with E-state index in [1.165, 1.54) is 35.6 Å². The van der Waals surface area contributed by atoms with E-state index in [1.807, 2.05) is 6.92 Å². The molecule has 2 rings (SSSR count). The summed E-state index contributed by atoms with van der Waals surface area (Å²) in [5, 5.41) is 1.77. The van der Waals surface area contributed by atoms with Crippen LogP contribution < -0.4 is 10.5 Å². The number of aldehydes is 1. The van der Waals surface area contributed by atoms with E-state index >= 15 is 0 Å². The van der Waals surface area contributed by atoms with Crippen LogP contribution in [0.15, 0.2) is 35.7 Å². The third-order valence-corrected chi connectivity index (χ3v) is 4.66. The van der Waals surface area contributed by atoms with Crippen LogP contribution in [0.4, 0.5) is 13.2 Å². The molecule has 0 amide bonds. The van der Waals surface area contributed by atoms with Crippen LogP contribution in [0.1, 0.15) is 48.7 Å². The van der Waals surface area contributed by atoms with E-state index in [0.717, 1.165) is 49.6 Å². The van der Waals surface area contributed by atoms with Gasteiger partial charge in [0.15, 0.2) is 6.29 Å². The Balaban J connectivity index is 0.000000329. The Morgan fingerprint density at radius 3 is 2.30 bits per heavy atom. The van der Waals surface area contributed by atoms with Crippen molar-refractivity contribution in [3.05, 3.63) is 40.6 Å². The van der Waals surface area contributed by atoms with E-state index in [2.05, 4.69) is 4.74 Å². The third kappa shape index (κ3) is 11.0. The van der Waals surface area contributed by atoms with Crippen LogP contribution in [0.2, 0.25) is 0 Å². The predicted octanol–water partition coefficient (Wildman–Crippen LogP) is 5.58. The number of rotatable bonds is 10. The molecule has 0 radical (unpaired) electrons. The average molecular weight is 446 g/mol. The van der Waals surface area contributed by atoms with Crippen molar-refractivity contribution < 1.29 is 32.2 Å². The molecule has 9 heteroatoms. The van der Waals surface area contributed by atoms with Crippen molar-refractivity contribution in [1.82, 2.24) is 0 Å². The lowest BCUT2D eigenvalue weighted by molar-refractivity contribution is -0.274. The predicted molar refractivity (Wildman–Crippen MR) is 111 cm³/mol. The summed E-state index contributed by atoms with van der Waals surface area (Å²) in [6, 6.07) is 7.18. The molecule has 0 fully saturated rings. The number of esters is 1. The fraction of sp³-hybridized carbons (Fsp3) is 0.429. The number of alkyl halides is 3. The minimum absolute atomic E-state index is 0.0785. The van der Waals surface area contributed by atoms with Gasteiger partial charge in [-0.3, -0.25) is 9.59 Å². The highest BCUT2D eigenvalue weighted by atomic mass is 32.1. The summed E-state index contributed by atoms with van der Waals surface area (Å²) in [5.41, 5.74) is 6.85. The Morgan fingerprint density at radius 2 is 1.77 bits per heavy atom. The molecule has 1 heterocycles. The first kappa shape index (κ1) is 25.6. The molecule has 0 saturated heterocycles. The van der Waals surface area contributed by atoms with Crippen molar-refractivity contribution >= 4 is 23.6 Å². The van der Waals surface area contributed by atoms with Gasteiger partial charge >= 0.3 is 12.3 Å². The molecule has 0 spiro atoms. The minimum atomic E-state index is -4.69. The lowest BCUT2D eigenvalue weighted by atomic mass is 10.1. The van der Waals surface area contributed by atoms with Crippen LogP contribution in [0.3, 0.4) is 0 Å². The molecule has 166 valence electrons. The Labute approximate surface area is 178 Å². The molecular weight excluding hydrogens is 419 g/mol. The second-order valence-corrected chi connectivity index (χ2v) is 7.13. The number of ether oxygens (including phenoxy) is 2. The van der Waals surface area contributed by atoms with Gasteiger partial charge in [0.25, 0.3) is 0 Å². The zero-order valence-corrected chi connectivity index (χ0v) is 17.6. The summed E-state index contributed by atoms with van der Waals surface area (Å²) in [4.78, 5) is 21.9. The summed E-state index contributed by atoms with van der Waals surface area (Å²) in [6.45, 7) is 3.06. The second kappa shape index (κ2) is 13.8. The summed E-state index contributed by atoms with van der Waals surface area (Å²) >= 11 is 1.28. The van der Waals surface area contributed by atoms with E-state index in [1.54, 1.807) is 11.4 Å². The van der Waals surface area contributed by atoms with E-state index < -0.39 is 6.36 Å². The Kier molecular flexibility index (Phi) is 11.8. The molecule has 0 aliphatic carbocycles. The smallest absolute Gasteiger partial charge is 0.466 e. The van der Waals surface area contributed by atoms with Gasteiger partial charge in [0.05, 0.1) is 11.5 Å². The number of hydrogen-bond acceptors (Lipinski definition) is 6. The number of carbonyl (C=O) groups is 2. The van der Waals surface area contributed by atoms with Crippen LogP contribution in [0.5, 0.6) is 5.75 Å². The van der Waals surface area contributed by atoms with E-state index in [9.17, 15) is 22.8 Å². The highest BCUT2D eigenvalue weighted by Gasteiger charge is 2.30. The number of carbonyl (C=O) groups excluding carboxylic acids is 2. The number of unbranched alkanes of at least 4 members (excludes halogenated alkanes) is 3. The van der Waals surface area contributed by atoms with E-state index in [4.69, 9.17) is 10.5 Å². The maximum Gasteiger partial charge on any atom is 0.573 e. The van der Waals surface area contributed by atoms with Gasteiger partial charge in [0.2, 0.25) is 0 Å². The average Bonchev–Trinajstić information content (AvgIpc) is 3.17. The first-order chi connectivity index (χ1) is 14.3. The summed E-state index contributed by atoms with van der Waals surface area (Å²) in [6.07, 6.45) is 0.788. The molecule has 0 bridgehead atoms. The molecule has 30 heavy (non-hydrogen) atoms. The summed E-state index contributed by atoms with van der Waals surface area (Å²) in [5.74, 6) is -0.345. The van der Waals surface area contributed by atoms with Crippen molar-refractivity contribution in [3.63, 3.8) is 0 Å². The lowest BCUT2D eigenvalue weighted by Gasteiger charge is -2.08. The van der Waals surface area contributed by atoms with Crippen molar-refractivity contribution in [3.8, 4) is 16.9 Å². The fourth-order valence-corrected chi connectivity index (χ4v) is 3.13. The minimum Gasteiger partial charge on any atom is -0.466 e. The van der Waals surface area contributed by atoms with Crippen molar-refractivity contribution in [2.45, 2.75) is 45.4 Å². The maximum atomic E-state index is 12.0. The van der Waals surface area contributed by atoms with Gasteiger partial charge in [-0.15, -0.1) is 24.5 Å². The van der Waals surface area contributed by atoms with Crippen molar-refractivity contribution in [2.75, 3.05) is 13.2 Å². The zero-order chi connectivity index (χ0) is 22.4. The number of hydrogen-bond donors (Lipinski definition) is 1. The molecule has 1 aromatic carbocycles. The summed E-state index contributed by atoms with van der Waals surface area (Å²) < 4.78 is 44.4.